The molecule has 1 saturated heterocycles. The molecule has 1 aliphatic heterocycles. The average molecular weight is 378 g/mol. The quantitative estimate of drug-likeness (QED) is 0.527. The van der Waals surface area contributed by atoms with Crippen molar-refractivity contribution >= 4 is 11.9 Å². The number of hydrogen-bond donors (Lipinski definition) is 2. The molecule has 2 saturated carbocycles. The zero-order valence-corrected chi connectivity index (χ0v) is 17.4. The van der Waals surface area contributed by atoms with Gasteiger partial charge in [-0.15, -0.1) is 0 Å². The van der Waals surface area contributed by atoms with Crippen LogP contribution < -0.4 is 10.6 Å². The summed E-state index contributed by atoms with van der Waals surface area (Å²) in [5, 5.41) is 7.02. The van der Waals surface area contributed by atoms with E-state index in [0.717, 1.165) is 64.6 Å². The number of rotatable bonds is 7. The van der Waals surface area contributed by atoms with Gasteiger partial charge in [-0.1, -0.05) is 26.2 Å². The molecule has 0 spiro atoms. The molecule has 1 amide bonds. The van der Waals surface area contributed by atoms with Crippen LogP contribution in [0.15, 0.2) is 4.99 Å². The van der Waals surface area contributed by atoms with E-state index in [-0.39, 0.29) is 0 Å². The Morgan fingerprint density at radius 2 is 1.78 bits per heavy atom. The van der Waals surface area contributed by atoms with Gasteiger partial charge in [0.05, 0.1) is 0 Å². The number of amides is 1. The van der Waals surface area contributed by atoms with Crippen LogP contribution in [0.2, 0.25) is 0 Å². The molecule has 2 N–H and O–H groups in total. The second-order valence-corrected chi connectivity index (χ2v) is 8.71. The third kappa shape index (κ3) is 5.37. The fourth-order valence-corrected chi connectivity index (χ4v) is 4.71. The highest BCUT2D eigenvalue weighted by molar-refractivity contribution is 5.80. The van der Waals surface area contributed by atoms with Crippen LogP contribution in [0.4, 0.5) is 0 Å². The van der Waals surface area contributed by atoms with E-state index < -0.39 is 0 Å². The Labute approximate surface area is 165 Å². The summed E-state index contributed by atoms with van der Waals surface area (Å²) < 4.78 is 0. The lowest BCUT2D eigenvalue weighted by molar-refractivity contribution is -0.139. The van der Waals surface area contributed by atoms with Crippen molar-refractivity contribution in [3.8, 4) is 0 Å². The van der Waals surface area contributed by atoms with Gasteiger partial charge in [0, 0.05) is 58.8 Å². The molecule has 0 aromatic heterocycles. The molecule has 6 heteroatoms. The molecule has 0 aromatic rings. The van der Waals surface area contributed by atoms with Gasteiger partial charge in [0.1, 0.15) is 0 Å². The molecule has 0 radical (unpaired) electrons. The van der Waals surface area contributed by atoms with Crippen LogP contribution in [-0.4, -0.2) is 74.5 Å². The number of aliphatic imine (C=N–C) groups is 1. The summed E-state index contributed by atoms with van der Waals surface area (Å²) in [5.41, 5.74) is 0.473. The summed E-state index contributed by atoms with van der Waals surface area (Å²) in [4.78, 5) is 21.3. The number of guanidine groups is 1. The zero-order chi connectivity index (χ0) is 19.1. The first-order valence-corrected chi connectivity index (χ1v) is 11.1. The predicted octanol–water partition coefficient (Wildman–Crippen LogP) is 2.07. The van der Waals surface area contributed by atoms with Crippen molar-refractivity contribution in [1.82, 2.24) is 20.4 Å². The third-order valence-corrected chi connectivity index (χ3v) is 7.13. The van der Waals surface area contributed by atoms with Crippen LogP contribution in [-0.2, 0) is 4.79 Å². The van der Waals surface area contributed by atoms with Crippen molar-refractivity contribution in [3.63, 3.8) is 0 Å². The largest absolute Gasteiger partial charge is 0.356 e. The molecule has 3 rings (SSSR count). The van der Waals surface area contributed by atoms with Crippen molar-refractivity contribution in [2.45, 2.75) is 58.3 Å². The van der Waals surface area contributed by atoms with E-state index in [9.17, 15) is 4.79 Å². The highest BCUT2D eigenvalue weighted by Gasteiger charge is 2.32. The maximum Gasteiger partial charge on any atom is 0.225 e. The maximum absolute atomic E-state index is 12.3. The van der Waals surface area contributed by atoms with Gasteiger partial charge in [-0.2, -0.15) is 0 Å². The average Bonchev–Trinajstić information content (AvgIpc) is 3.13. The number of hydrogen-bond acceptors (Lipinski definition) is 3. The van der Waals surface area contributed by atoms with E-state index >= 15 is 0 Å². The smallest absolute Gasteiger partial charge is 0.225 e. The van der Waals surface area contributed by atoms with Crippen molar-refractivity contribution in [1.29, 1.82) is 0 Å². The summed E-state index contributed by atoms with van der Waals surface area (Å²) in [5.74, 6) is 1.66. The Morgan fingerprint density at radius 1 is 1.07 bits per heavy atom. The van der Waals surface area contributed by atoms with E-state index in [1.54, 1.807) is 0 Å². The molecule has 1 heterocycles. The maximum atomic E-state index is 12.3. The molecular formula is C21H39N5O. The summed E-state index contributed by atoms with van der Waals surface area (Å²) in [6.07, 6.45) is 10.1. The number of nitrogens with zero attached hydrogens (tertiary/aromatic N) is 3. The molecule has 2 aliphatic carbocycles. The van der Waals surface area contributed by atoms with Gasteiger partial charge in [-0.25, -0.2) is 0 Å². The number of piperazine rings is 1. The second kappa shape index (κ2) is 9.76. The van der Waals surface area contributed by atoms with Gasteiger partial charge < -0.3 is 15.5 Å². The molecule has 0 aromatic carbocycles. The number of nitrogens with one attached hydrogen (secondary N) is 2. The van der Waals surface area contributed by atoms with Gasteiger partial charge in [-0.3, -0.25) is 14.7 Å². The monoisotopic (exact) mass is 377 g/mol. The zero-order valence-electron chi connectivity index (χ0n) is 17.4. The van der Waals surface area contributed by atoms with Crippen LogP contribution in [0.3, 0.4) is 0 Å². The molecule has 6 nitrogen and oxygen atoms in total. The Kier molecular flexibility index (Phi) is 7.39. The van der Waals surface area contributed by atoms with Gasteiger partial charge >= 0.3 is 0 Å². The van der Waals surface area contributed by atoms with Crippen LogP contribution >= 0.6 is 0 Å². The first-order valence-electron chi connectivity index (χ1n) is 11.1. The van der Waals surface area contributed by atoms with E-state index in [0.29, 0.717) is 17.2 Å². The van der Waals surface area contributed by atoms with Crippen molar-refractivity contribution in [2.75, 3.05) is 52.9 Å². The molecule has 0 atom stereocenters. The number of carbonyl (C=O) groups is 1. The first kappa shape index (κ1) is 20.4. The van der Waals surface area contributed by atoms with Crippen molar-refractivity contribution < 1.29 is 4.79 Å². The van der Waals surface area contributed by atoms with Crippen molar-refractivity contribution in [2.24, 2.45) is 16.3 Å². The lowest BCUT2D eigenvalue weighted by atomic mass is 9.83. The normalized spacial score (nSPS) is 23.9. The minimum absolute atomic E-state index is 0.332. The third-order valence-electron chi connectivity index (χ3n) is 7.13. The molecule has 3 aliphatic rings. The van der Waals surface area contributed by atoms with E-state index in [1.165, 1.54) is 38.5 Å². The molecule has 0 unspecified atom stereocenters. The summed E-state index contributed by atoms with van der Waals surface area (Å²) >= 11 is 0. The molecule has 27 heavy (non-hydrogen) atoms. The van der Waals surface area contributed by atoms with Crippen LogP contribution in [0, 0.1) is 11.3 Å². The van der Waals surface area contributed by atoms with Crippen LogP contribution in [0.1, 0.15) is 58.3 Å². The Hall–Kier alpha value is -1.30. The molecule has 3 fully saturated rings. The Balaban J connectivity index is 1.31. The topological polar surface area (TPSA) is 60.0 Å². The van der Waals surface area contributed by atoms with E-state index in [4.69, 9.17) is 0 Å². The van der Waals surface area contributed by atoms with Crippen LogP contribution in [0.5, 0.6) is 0 Å². The van der Waals surface area contributed by atoms with Gasteiger partial charge in [0.2, 0.25) is 5.91 Å². The first-order chi connectivity index (χ1) is 13.2. The summed E-state index contributed by atoms with van der Waals surface area (Å²) in [6, 6.07) is 0. The molecule has 0 bridgehead atoms. The minimum Gasteiger partial charge on any atom is -0.356 e. The Morgan fingerprint density at radius 3 is 2.33 bits per heavy atom. The Bertz CT molecular complexity index is 503. The van der Waals surface area contributed by atoms with Gasteiger partial charge in [0.25, 0.3) is 0 Å². The van der Waals surface area contributed by atoms with Crippen molar-refractivity contribution in [3.05, 3.63) is 0 Å². The standard InChI is InChI=1S/C21H39N5O/c1-3-21(9-4-5-10-21)17-24-20(22-2)23-11-12-25-13-15-26(16-14-25)19(27)18-7-6-8-18/h18H,3-17H2,1-2H3,(H2,22,23,24). The molecule has 154 valence electrons. The predicted molar refractivity (Wildman–Crippen MR) is 111 cm³/mol. The van der Waals surface area contributed by atoms with Gasteiger partial charge in [0.15, 0.2) is 5.96 Å². The summed E-state index contributed by atoms with van der Waals surface area (Å²) in [7, 11) is 1.85. The van der Waals surface area contributed by atoms with Crippen LogP contribution in [0.25, 0.3) is 0 Å². The number of carbonyl (C=O) groups excluding carboxylic acids is 1. The minimum atomic E-state index is 0.332. The SMILES string of the molecule is CCC1(CNC(=NC)NCCN2CCN(C(=O)C3CCC3)CC2)CCCC1. The summed E-state index contributed by atoms with van der Waals surface area (Å²) in [6.45, 7) is 9.02. The molecular weight excluding hydrogens is 338 g/mol. The van der Waals surface area contributed by atoms with E-state index in [1.807, 2.05) is 7.05 Å². The fourth-order valence-electron chi connectivity index (χ4n) is 4.71. The fraction of sp³-hybridized carbons (Fsp3) is 0.905. The lowest BCUT2D eigenvalue weighted by Crippen LogP contribution is -2.52. The second-order valence-electron chi connectivity index (χ2n) is 8.71. The van der Waals surface area contributed by atoms with E-state index in [2.05, 4.69) is 32.3 Å². The highest BCUT2D eigenvalue weighted by Crippen LogP contribution is 2.40. The van der Waals surface area contributed by atoms with Gasteiger partial charge in [-0.05, 0) is 37.5 Å². The highest BCUT2D eigenvalue weighted by atomic mass is 16.2. The lowest BCUT2D eigenvalue weighted by Gasteiger charge is -2.38.